The SMILES string of the molecule is CC(=O)O.Nc1nccc(Nc2ccc3c(c2)C(c2cccc(OC(F)(F)F)c2)=NC3)n1. The minimum atomic E-state index is -4.75. The number of anilines is 3. The predicted octanol–water partition coefficient (Wildman–Crippen LogP) is 4.14. The second kappa shape index (κ2) is 9.33. The van der Waals surface area contributed by atoms with Crippen LogP contribution in [0.4, 0.5) is 30.6 Å². The van der Waals surface area contributed by atoms with Gasteiger partial charge < -0.3 is 20.9 Å². The highest BCUT2D eigenvalue weighted by Crippen LogP contribution is 2.30. The van der Waals surface area contributed by atoms with Crippen LogP contribution in [0.5, 0.6) is 5.75 Å². The molecule has 1 aliphatic rings. The van der Waals surface area contributed by atoms with Gasteiger partial charge >= 0.3 is 6.36 Å². The van der Waals surface area contributed by atoms with Gasteiger partial charge in [-0.15, -0.1) is 13.2 Å². The summed E-state index contributed by atoms with van der Waals surface area (Å²) in [6.07, 6.45) is -3.21. The molecule has 0 unspecified atom stereocenters. The molecule has 0 amide bonds. The number of aliphatic imine (C=N–C) groups is 1. The molecule has 2 aromatic carbocycles. The molecule has 166 valence electrons. The lowest BCUT2D eigenvalue weighted by molar-refractivity contribution is -0.274. The van der Waals surface area contributed by atoms with Gasteiger partial charge in [-0.05, 0) is 35.9 Å². The lowest BCUT2D eigenvalue weighted by atomic mass is 9.99. The Bertz CT molecular complexity index is 1160. The molecule has 0 fully saturated rings. The molecule has 0 atom stereocenters. The van der Waals surface area contributed by atoms with Crippen LogP contribution in [0, 0.1) is 0 Å². The molecular weight excluding hydrogens is 427 g/mol. The third-order valence-corrected chi connectivity index (χ3v) is 4.06. The fourth-order valence-corrected chi connectivity index (χ4v) is 2.94. The number of nitrogen functional groups attached to an aromatic ring is 1. The number of nitrogens with two attached hydrogens (primary N) is 1. The Labute approximate surface area is 180 Å². The summed E-state index contributed by atoms with van der Waals surface area (Å²) < 4.78 is 41.5. The quantitative estimate of drug-likeness (QED) is 0.551. The minimum absolute atomic E-state index is 0.148. The number of carboxylic acid groups (broad SMARTS) is 1. The fraction of sp³-hybridized carbons (Fsp3) is 0.143. The van der Waals surface area contributed by atoms with Gasteiger partial charge in [0.2, 0.25) is 5.95 Å². The van der Waals surface area contributed by atoms with Crippen molar-refractivity contribution in [2.24, 2.45) is 4.99 Å². The van der Waals surface area contributed by atoms with Crippen LogP contribution in [0.2, 0.25) is 0 Å². The molecule has 0 aliphatic carbocycles. The molecule has 3 aromatic rings. The number of aliphatic carboxylic acids is 1. The molecule has 8 nitrogen and oxygen atoms in total. The van der Waals surface area contributed by atoms with Crippen LogP contribution in [-0.4, -0.2) is 33.1 Å². The van der Waals surface area contributed by atoms with Gasteiger partial charge in [0.15, 0.2) is 0 Å². The van der Waals surface area contributed by atoms with Crippen molar-refractivity contribution in [2.45, 2.75) is 19.8 Å². The van der Waals surface area contributed by atoms with E-state index in [-0.39, 0.29) is 11.7 Å². The predicted molar refractivity (Wildman–Crippen MR) is 112 cm³/mol. The Morgan fingerprint density at radius 3 is 2.62 bits per heavy atom. The topological polar surface area (TPSA) is 123 Å². The van der Waals surface area contributed by atoms with Gasteiger partial charge in [-0.25, -0.2) is 4.98 Å². The number of hydrogen-bond acceptors (Lipinski definition) is 7. The second-order valence-electron chi connectivity index (χ2n) is 6.56. The summed E-state index contributed by atoms with van der Waals surface area (Å²) >= 11 is 0. The molecule has 1 aliphatic heterocycles. The van der Waals surface area contributed by atoms with Crippen LogP contribution in [-0.2, 0) is 11.3 Å². The average Bonchev–Trinajstić information content (AvgIpc) is 3.10. The van der Waals surface area contributed by atoms with Gasteiger partial charge in [0.25, 0.3) is 5.97 Å². The van der Waals surface area contributed by atoms with Gasteiger partial charge in [0.1, 0.15) is 11.6 Å². The number of nitrogens with zero attached hydrogens (tertiary/aromatic N) is 3. The Morgan fingerprint density at radius 1 is 1.19 bits per heavy atom. The fourth-order valence-electron chi connectivity index (χ4n) is 2.94. The van der Waals surface area contributed by atoms with Crippen LogP contribution in [0.15, 0.2) is 59.7 Å². The lowest BCUT2D eigenvalue weighted by Gasteiger charge is -2.12. The van der Waals surface area contributed by atoms with Crippen LogP contribution in [0.1, 0.15) is 23.6 Å². The van der Waals surface area contributed by atoms with Crippen molar-refractivity contribution in [3.8, 4) is 5.75 Å². The molecule has 0 radical (unpaired) electrons. The van der Waals surface area contributed by atoms with Crippen molar-refractivity contribution < 1.29 is 27.8 Å². The van der Waals surface area contributed by atoms with Crippen molar-refractivity contribution in [2.75, 3.05) is 11.1 Å². The van der Waals surface area contributed by atoms with Crippen LogP contribution in [0.25, 0.3) is 0 Å². The van der Waals surface area contributed by atoms with E-state index in [0.29, 0.717) is 23.6 Å². The highest BCUT2D eigenvalue weighted by Gasteiger charge is 2.31. The number of carbonyl (C=O) groups is 1. The number of nitrogens with one attached hydrogen (secondary N) is 1. The van der Waals surface area contributed by atoms with Crippen molar-refractivity contribution in [1.29, 1.82) is 0 Å². The molecule has 2 heterocycles. The van der Waals surface area contributed by atoms with Crippen molar-refractivity contribution >= 4 is 29.1 Å². The smallest absolute Gasteiger partial charge is 0.481 e. The molecule has 32 heavy (non-hydrogen) atoms. The Kier molecular flexibility index (Phi) is 6.57. The maximum absolute atomic E-state index is 12.5. The van der Waals surface area contributed by atoms with Crippen LogP contribution >= 0.6 is 0 Å². The number of fused-ring (bicyclic) bond motifs is 1. The Balaban J connectivity index is 0.000000668. The summed E-state index contributed by atoms with van der Waals surface area (Å²) in [5.74, 6) is -0.439. The normalized spacial score (nSPS) is 12.2. The third-order valence-electron chi connectivity index (χ3n) is 4.06. The maximum Gasteiger partial charge on any atom is 0.573 e. The molecule has 0 saturated heterocycles. The first kappa shape index (κ1) is 22.5. The number of rotatable bonds is 4. The molecule has 0 saturated carbocycles. The van der Waals surface area contributed by atoms with Crippen molar-refractivity contribution in [3.63, 3.8) is 0 Å². The summed E-state index contributed by atoms with van der Waals surface area (Å²) in [5, 5.41) is 10.5. The largest absolute Gasteiger partial charge is 0.573 e. The van der Waals surface area contributed by atoms with Gasteiger partial charge in [-0.1, -0.05) is 18.2 Å². The highest BCUT2D eigenvalue weighted by atomic mass is 19.4. The summed E-state index contributed by atoms with van der Waals surface area (Å²) in [6, 6.07) is 13.1. The van der Waals surface area contributed by atoms with E-state index in [1.54, 1.807) is 12.1 Å². The van der Waals surface area contributed by atoms with E-state index < -0.39 is 12.3 Å². The first-order valence-electron chi connectivity index (χ1n) is 9.20. The number of ether oxygens (including phenoxy) is 1. The van der Waals surface area contributed by atoms with E-state index in [4.69, 9.17) is 15.6 Å². The summed E-state index contributed by atoms with van der Waals surface area (Å²) in [4.78, 5) is 21.4. The number of hydrogen-bond donors (Lipinski definition) is 3. The summed E-state index contributed by atoms with van der Waals surface area (Å²) in [7, 11) is 0. The van der Waals surface area contributed by atoms with E-state index in [9.17, 15) is 13.2 Å². The highest BCUT2D eigenvalue weighted by molar-refractivity contribution is 6.15. The summed E-state index contributed by atoms with van der Waals surface area (Å²) in [6.45, 7) is 1.54. The zero-order valence-corrected chi connectivity index (χ0v) is 16.7. The van der Waals surface area contributed by atoms with Crippen molar-refractivity contribution in [1.82, 2.24) is 9.97 Å². The molecule has 11 heteroatoms. The number of benzene rings is 2. The van der Waals surface area contributed by atoms with E-state index in [0.717, 1.165) is 23.7 Å². The molecule has 0 bridgehead atoms. The first-order valence-corrected chi connectivity index (χ1v) is 9.20. The number of carboxylic acids is 1. The first-order chi connectivity index (χ1) is 15.1. The van der Waals surface area contributed by atoms with E-state index in [1.807, 2.05) is 18.2 Å². The zero-order chi connectivity index (χ0) is 23.3. The molecule has 4 rings (SSSR count). The second-order valence-corrected chi connectivity index (χ2v) is 6.56. The van der Waals surface area contributed by atoms with Gasteiger partial charge in [-0.2, -0.15) is 4.98 Å². The van der Waals surface area contributed by atoms with Crippen molar-refractivity contribution in [3.05, 3.63) is 71.4 Å². The van der Waals surface area contributed by atoms with Crippen LogP contribution < -0.4 is 15.8 Å². The van der Waals surface area contributed by atoms with Gasteiger partial charge in [0.05, 0.1) is 12.3 Å². The molecule has 4 N–H and O–H groups in total. The summed E-state index contributed by atoms with van der Waals surface area (Å²) in [5.41, 5.74) is 9.29. The Hall–Kier alpha value is -4.15. The Morgan fingerprint density at radius 2 is 1.94 bits per heavy atom. The number of alkyl halides is 3. The number of halogens is 3. The molecule has 0 spiro atoms. The van der Waals surface area contributed by atoms with E-state index in [2.05, 4.69) is 25.0 Å². The monoisotopic (exact) mass is 445 g/mol. The maximum atomic E-state index is 12.5. The minimum Gasteiger partial charge on any atom is -0.481 e. The number of aromatic nitrogens is 2. The molecular formula is C21H18F3N5O3. The average molecular weight is 445 g/mol. The van der Waals surface area contributed by atoms with Gasteiger partial charge in [-0.3, -0.25) is 9.79 Å². The third kappa shape index (κ3) is 6.17. The molecule has 1 aromatic heterocycles. The standard InChI is InChI=1S/C19H14F3N5O.C2H4O2/c20-19(21,22)28-14-3-1-2-11(8-14)17-15-9-13(5-4-12(15)10-25-17)26-16-6-7-24-18(23)27-16;1-2(3)4/h1-9H,10H2,(H3,23,24,26,27);1H3,(H,3,4). The van der Waals surface area contributed by atoms with E-state index >= 15 is 0 Å². The zero-order valence-electron chi connectivity index (χ0n) is 16.7. The van der Waals surface area contributed by atoms with E-state index in [1.165, 1.54) is 24.4 Å². The van der Waals surface area contributed by atoms with Gasteiger partial charge in [0, 0.05) is 29.9 Å². The van der Waals surface area contributed by atoms with Crippen LogP contribution in [0.3, 0.4) is 0 Å². The lowest BCUT2D eigenvalue weighted by Crippen LogP contribution is -2.17.